The molecule has 1 aliphatic rings. The predicted molar refractivity (Wildman–Crippen MR) is 72.3 cm³/mol. The number of piperidine rings is 1. The van der Waals surface area contributed by atoms with Crippen LogP contribution in [0.15, 0.2) is 12.1 Å². The van der Waals surface area contributed by atoms with Crippen LogP contribution in [0, 0.1) is 17.5 Å². The molecule has 116 valence electrons. The van der Waals surface area contributed by atoms with Crippen molar-refractivity contribution in [3.05, 3.63) is 35.1 Å². The summed E-state index contributed by atoms with van der Waals surface area (Å²) in [7, 11) is 0. The predicted octanol–water partition coefficient (Wildman–Crippen LogP) is 1.26. The molecule has 0 aliphatic carbocycles. The van der Waals surface area contributed by atoms with Gasteiger partial charge < -0.3 is 16.0 Å². The summed E-state index contributed by atoms with van der Waals surface area (Å²) in [6, 6.07) is 0.860. The molecule has 0 atom stereocenters. The number of nitrogens with zero attached hydrogens (tertiary/aromatic N) is 1. The Balaban J connectivity index is 1.97. The minimum Gasteiger partial charge on any atom is -0.349 e. The molecule has 3 N–H and O–H groups in total. The van der Waals surface area contributed by atoms with E-state index in [0.717, 1.165) is 19.6 Å². The number of amides is 1. The molecule has 4 nitrogen and oxygen atoms in total. The van der Waals surface area contributed by atoms with Crippen molar-refractivity contribution in [2.45, 2.75) is 18.9 Å². The molecule has 1 aromatic rings. The molecule has 1 heterocycles. The topological polar surface area (TPSA) is 58.4 Å². The third kappa shape index (κ3) is 3.95. The number of nitrogens with one attached hydrogen (secondary N) is 1. The van der Waals surface area contributed by atoms with E-state index in [2.05, 4.69) is 10.2 Å². The number of likely N-dealkylation sites (tertiary alicyclic amines) is 1. The van der Waals surface area contributed by atoms with Crippen molar-refractivity contribution in [2.24, 2.45) is 5.73 Å². The molecule has 0 aromatic heterocycles. The second-order valence-corrected chi connectivity index (χ2v) is 5.12. The van der Waals surface area contributed by atoms with Gasteiger partial charge in [-0.25, -0.2) is 13.2 Å². The lowest BCUT2D eigenvalue weighted by atomic mass is 10.0. The van der Waals surface area contributed by atoms with Gasteiger partial charge >= 0.3 is 0 Å². The van der Waals surface area contributed by atoms with Crippen LogP contribution in [-0.4, -0.2) is 43.0 Å². The Morgan fingerprint density at radius 2 is 1.81 bits per heavy atom. The van der Waals surface area contributed by atoms with Crippen molar-refractivity contribution in [3.63, 3.8) is 0 Å². The van der Waals surface area contributed by atoms with Gasteiger partial charge in [-0.1, -0.05) is 0 Å². The van der Waals surface area contributed by atoms with Gasteiger partial charge in [-0.05, 0) is 12.8 Å². The van der Waals surface area contributed by atoms with E-state index in [4.69, 9.17) is 5.73 Å². The molecule has 21 heavy (non-hydrogen) atoms. The molecule has 0 bridgehead atoms. The van der Waals surface area contributed by atoms with Crippen molar-refractivity contribution in [2.75, 3.05) is 26.2 Å². The van der Waals surface area contributed by atoms with Gasteiger partial charge in [0.15, 0.2) is 0 Å². The van der Waals surface area contributed by atoms with E-state index in [1.54, 1.807) is 0 Å². The van der Waals surface area contributed by atoms with Gasteiger partial charge in [-0.3, -0.25) is 4.79 Å². The maximum Gasteiger partial charge on any atom is 0.257 e. The molecule has 0 saturated carbocycles. The van der Waals surface area contributed by atoms with Crippen LogP contribution in [0.4, 0.5) is 13.2 Å². The van der Waals surface area contributed by atoms with Crippen LogP contribution in [0.2, 0.25) is 0 Å². The average molecular weight is 301 g/mol. The SMILES string of the molecule is NCCN1CCC(NC(=O)c2c(F)cc(F)cc2F)CC1. The highest BCUT2D eigenvalue weighted by molar-refractivity contribution is 5.94. The second-order valence-electron chi connectivity index (χ2n) is 5.12. The summed E-state index contributed by atoms with van der Waals surface area (Å²) in [5.74, 6) is -4.27. The number of hydrogen-bond acceptors (Lipinski definition) is 3. The molecular weight excluding hydrogens is 283 g/mol. The number of nitrogens with two attached hydrogens (primary N) is 1. The van der Waals surface area contributed by atoms with Gasteiger partial charge in [0, 0.05) is 44.4 Å². The van der Waals surface area contributed by atoms with Gasteiger partial charge in [0.2, 0.25) is 0 Å². The van der Waals surface area contributed by atoms with Crippen molar-refractivity contribution in [1.82, 2.24) is 10.2 Å². The number of benzene rings is 1. The first-order valence-corrected chi connectivity index (χ1v) is 6.89. The van der Waals surface area contributed by atoms with Crippen LogP contribution in [0.1, 0.15) is 23.2 Å². The lowest BCUT2D eigenvalue weighted by Crippen LogP contribution is -2.46. The Morgan fingerprint density at radius 3 is 2.33 bits per heavy atom. The zero-order valence-electron chi connectivity index (χ0n) is 11.5. The first-order valence-electron chi connectivity index (χ1n) is 6.89. The third-order valence-electron chi connectivity index (χ3n) is 3.60. The molecule has 1 saturated heterocycles. The standard InChI is InChI=1S/C14H18F3N3O/c15-9-7-11(16)13(12(17)8-9)14(21)19-10-1-4-20(5-2-10)6-3-18/h7-8,10H,1-6,18H2,(H,19,21). The normalized spacial score (nSPS) is 17.0. The Kier molecular flexibility index (Phi) is 5.19. The average Bonchev–Trinajstić information content (AvgIpc) is 2.40. The number of carbonyl (C=O) groups excluding carboxylic acids is 1. The molecule has 0 unspecified atom stereocenters. The van der Waals surface area contributed by atoms with Crippen molar-refractivity contribution in [3.8, 4) is 0 Å². The van der Waals surface area contributed by atoms with Crippen molar-refractivity contribution in [1.29, 1.82) is 0 Å². The fourth-order valence-corrected chi connectivity index (χ4v) is 2.50. The molecular formula is C14H18F3N3O. The molecule has 2 rings (SSSR count). The van der Waals surface area contributed by atoms with Crippen LogP contribution >= 0.6 is 0 Å². The third-order valence-corrected chi connectivity index (χ3v) is 3.60. The van der Waals surface area contributed by atoms with E-state index in [9.17, 15) is 18.0 Å². The van der Waals surface area contributed by atoms with Crippen LogP contribution in [0.5, 0.6) is 0 Å². The molecule has 1 aliphatic heterocycles. The van der Waals surface area contributed by atoms with E-state index in [-0.39, 0.29) is 6.04 Å². The molecule has 1 fully saturated rings. The summed E-state index contributed by atoms with van der Waals surface area (Å²) >= 11 is 0. The lowest BCUT2D eigenvalue weighted by molar-refractivity contribution is 0.0903. The first-order chi connectivity index (χ1) is 10.0. The number of carbonyl (C=O) groups is 1. The lowest BCUT2D eigenvalue weighted by Gasteiger charge is -2.32. The Bertz CT molecular complexity index is 493. The summed E-state index contributed by atoms with van der Waals surface area (Å²) in [5.41, 5.74) is 4.74. The molecule has 1 aromatic carbocycles. The van der Waals surface area contributed by atoms with Gasteiger partial charge in [0.1, 0.15) is 23.0 Å². The highest BCUT2D eigenvalue weighted by Gasteiger charge is 2.24. The van der Waals surface area contributed by atoms with Crippen molar-refractivity contribution < 1.29 is 18.0 Å². The summed E-state index contributed by atoms with van der Waals surface area (Å²) in [6.07, 6.45) is 1.38. The zero-order chi connectivity index (χ0) is 15.4. The summed E-state index contributed by atoms with van der Waals surface area (Å²) in [4.78, 5) is 14.1. The van der Waals surface area contributed by atoms with E-state index in [1.807, 2.05) is 0 Å². The number of rotatable bonds is 4. The minimum atomic E-state index is -1.19. The quantitative estimate of drug-likeness (QED) is 0.880. The highest BCUT2D eigenvalue weighted by Crippen LogP contribution is 2.16. The first kappa shape index (κ1) is 15.8. The van der Waals surface area contributed by atoms with E-state index in [1.165, 1.54) is 0 Å². The van der Waals surface area contributed by atoms with Gasteiger partial charge in [-0.15, -0.1) is 0 Å². The molecule has 7 heteroatoms. The summed E-state index contributed by atoms with van der Waals surface area (Å²) in [6.45, 7) is 2.91. The van der Waals surface area contributed by atoms with E-state index < -0.39 is 28.9 Å². The van der Waals surface area contributed by atoms with E-state index in [0.29, 0.717) is 31.5 Å². The highest BCUT2D eigenvalue weighted by atomic mass is 19.1. The fraction of sp³-hybridized carbons (Fsp3) is 0.500. The zero-order valence-corrected chi connectivity index (χ0v) is 11.5. The fourth-order valence-electron chi connectivity index (χ4n) is 2.50. The largest absolute Gasteiger partial charge is 0.349 e. The number of hydrogen-bond donors (Lipinski definition) is 2. The van der Waals surface area contributed by atoms with Crippen LogP contribution < -0.4 is 11.1 Å². The molecule has 1 amide bonds. The maximum atomic E-state index is 13.5. The van der Waals surface area contributed by atoms with Gasteiger partial charge in [0.25, 0.3) is 5.91 Å². The Labute approximate surface area is 121 Å². The smallest absolute Gasteiger partial charge is 0.257 e. The summed E-state index contributed by atoms with van der Waals surface area (Å²) in [5, 5.41) is 2.60. The Hall–Kier alpha value is -1.60. The molecule has 0 radical (unpaired) electrons. The van der Waals surface area contributed by atoms with Gasteiger partial charge in [0.05, 0.1) is 0 Å². The van der Waals surface area contributed by atoms with Crippen LogP contribution in [0.3, 0.4) is 0 Å². The van der Waals surface area contributed by atoms with Crippen LogP contribution in [0.25, 0.3) is 0 Å². The van der Waals surface area contributed by atoms with Crippen LogP contribution in [-0.2, 0) is 0 Å². The van der Waals surface area contributed by atoms with E-state index >= 15 is 0 Å². The monoisotopic (exact) mass is 301 g/mol. The summed E-state index contributed by atoms with van der Waals surface area (Å²) < 4.78 is 39.8. The van der Waals surface area contributed by atoms with Gasteiger partial charge in [-0.2, -0.15) is 0 Å². The number of halogens is 3. The molecule has 0 spiro atoms. The maximum absolute atomic E-state index is 13.5. The second kappa shape index (κ2) is 6.91. The minimum absolute atomic E-state index is 0.143. The Morgan fingerprint density at radius 1 is 1.24 bits per heavy atom. The van der Waals surface area contributed by atoms with Crippen molar-refractivity contribution >= 4 is 5.91 Å².